The van der Waals surface area contributed by atoms with E-state index in [0.29, 0.717) is 17.4 Å². The van der Waals surface area contributed by atoms with E-state index in [1.54, 1.807) is 35.0 Å². The predicted molar refractivity (Wildman–Crippen MR) is 81.0 cm³/mol. The number of hydrogen-bond acceptors (Lipinski definition) is 4. The van der Waals surface area contributed by atoms with Gasteiger partial charge in [0.05, 0.1) is 11.5 Å². The molecule has 1 aromatic heterocycles. The molecule has 2 aromatic rings. The molecule has 0 bridgehead atoms. The monoisotopic (exact) mass is 331 g/mol. The summed E-state index contributed by atoms with van der Waals surface area (Å²) in [5, 5.41) is 3.87. The first-order chi connectivity index (χ1) is 9.53. The second kappa shape index (κ2) is 6.58. The zero-order valence-corrected chi connectivity index (χ0v) is 13.2. The summed E-state index contributed by atoms with van der Waals surface area (Å²) in [6.45, 7) is 2.51. The minimum Gasteiger partial charge on any atom is -0.493 e. The first-order valence-corrected chi connectivity index (χ1v) is 8.76. The Labute approximate surface area is 127 Å². The molecule has 0 saturated carbocycles. The summed E-state index contributed by atoms with van der Waals surface area (Å²) in [4.78, 5) is 0.273. The Morgan fingerprint density at radius 2 is 2.15 bits per heavy atom. The number of halogens is 1. The van der Waals surface area contributed by atoms with Crippen molar-refractivity contribution in [1.29, 1.82) is 0 Å². The van der Waals surface area contributed by atoms with Gasteiger partial charge in [-0.25, -0.2) is 13.1 Å². The average Bonchev–Trinajstić information content (AvgIpc) is 2.93. The molecule has 0 radical (unpaired) electrons. The van der Waals surface area contributed by atoms with Gasteiger partial charge in [0.1, 0.15) is 5.75 Å². The van der Waals surface area contributed by atoms with Crippen LogP contribution in [0.4, 0.5) is 0 Å². The van der Waals surface area contributed by atoms with Gasteiger partial charge in [-0.05, 0) is 30.5 Å². The highest BCUT2D eigenvalue weighted by molar-refractivity contribution is 7.89. The Morgan fingerprint density at radius 3 is 2.80 bits per heavy atom. The van der Waals surface area contributed by atoms with Crippen molar-refractivity contribution in [2.75, 3.05) is 6.61 Å². The molecule has 108 valence electrons. The lowest BCUT2D eigenvalue weighted by molar-refractivity contribution is 0.336. The molecular formula is C13H14ClNO3S2. The standard InChI is InChI=1S/C13H14ClNO3S2/c1-2-18-13-7-11(14)4-3-10(13)8-15-20(16,17)12-5-6-19-9-12/h3-7,9,15H,2,8H2,1H3. The molecule has 0 aliphatic rings. The molecule has 1 aromatic carbocycles. The smallest absolute Gasteiger partial charge is 0.241 e. The normalized spacial score (nSPS) is 11.5. The molecular weight excluding hydrogens is 318 g/mol. The van der Waals surface area contributed by atoms with Crippen molar-refractivity contribution < 1.29 is 13.2 Å². The molecule has 0 aliphatic heterocycles. The van der Waals surface area contributed by atoms with Crippen molar-refractivity contribution >= 4 is 33.0 Å². The van der Waals surface area contributed by atoms with E-state index >= 15 is 0 Å². The summed E-state index contributed by atoms with van der Waals surface area (Å²) in [7, 11) is -3.49. The highest BCUT2D eigenvalue weighted by Crippen LogP contribution is 2.24. The summed E-state index contributed by atoms with van der Waals surface area (Å²) in [6, 6.07) is 6.71. The van der Waals surface area contributed by atoms with Crippen LogP contribution < -0.4 is 9.46 Å². The van der Waals surface area contributed by atoms with Crippen LogP contribution in [0.2, 0.25) is 5.02 Å². The number of ether oxygens (including phenoxy) is 1. The van der Waals surface area contributed by atoms with Crippen LogP contribution in [0.3, 0.4) is 0 Å². The van der Waals surface area contributed by atoms with Gasteiger partial charge in [0.25, 0.3) is 0 Å². The largest absolute Gasteiger partial charge is 0.493 e. The molecule has 0 aliphatic carbocycles. The number of thiophene rings is 1. The molecule has 0 spiro atoms. The summed E-state index contributed by atoms with van der Waals surface area (Å²) in [6.07, 6.45) is 0. The van der Waals surface area contributed by atoms with Crippen LogP contribution in [-0.4, -0.2) is 15.0 Å². The third-order valence-corrected chi connectivity index (χ3v) is 5.05. The molecule has 0 unspecified atom stereocenters. The number of benzene rings is 1. The first-order valence-electron chi connectivity index (χ1n) is 5.96. The van der Waals surface area contributed by atoms with Crippen LogP contribution in [0.25, 0.3) is 0 Å². The summed E-state index contributed by atoms with van der Waals surface area (Å²) in [5.41, 5.74) is 0.745. The number of hydrogen-bond donors (Lipinski definition) is 1. The van der Waals surface area contributed by atoms with Crippen molar-refractivity contribution in [2.24, 2.45) is 0 Å². The van der Waals surface area contributed by atoms with Crippen LogP contribution in [0.1, 0.15) is 12.5 Å². The van der Waals surface area contributed by atoms with Crippen molar-refractivity contribution in [1.82, 2.24) is 4.72 Å². The Kier molecular flexibility index (Phi) is 5.04. The Balaban J connectivity index is 2.15. The van der Waals surface area contributed by atoms with E-state index in [0.717, 1.165) is 5.56 Å². The van der Waals surface area contributed by atoms with Crippen LogP contribution in [0.5, 0.6) is 5.75 Å². The van der Waals surface area contributed by atoms with E-state index in [1.807, 2.05) is 6.92 Å². The predicted octanol–water partition coefficient (Wildman–Crippen LogP) is 3.28. The summed E-state index contributed by atoms with van der Waals surface area (Å²) < 4.78 is 32.1. The molecule has 1 heterocycles. The molecule has 0 fully saturated rings. The second-order valence-electron chi connectivity index (χ2n) is 3.97. The molecule has 0 atom stereocenters. The van der Waals surface area contributed by atoms with Gasteiger partial charge in [-0.1, -0.05) is 17.7 Å². The fourth-order valence-corrected chi connectivity index (χ4v) is 3.82. The molecule has 2 rings (SSSR count). The zero-order valence-electron chi connectivity index (χ0n) is 10.8. The van der Waals surface area contributed by atoms with Crippen LogP contribution in [0, 0.1) is 0 Å². The van der Waals surface area contributed by atoms with Crippen LogP contribution >= 0.6 is 22.9 Å². The topological polar surface area (TPSA) is 55.4 Å². The lowest BCUT2D eigenvalue weighted by Crippen LogP contribution is -2.23. The fraction of sp³-hybridized carbons (Fsp3) is 0.231. The maximum Gasteiger partial charge on any atom is 0.241 e. The van der Waals surface area contributed by atoms with E-state index < -0.39 is 10.0 Å². The Hall–Kier alpha value is -1.08. The lowest BCUT2D eigenvalue weighted by atomic mass is 10.2. The highest BCUT2D eigenvalue weighted by Gasteiger charge is 2.15. The van der Waals surface area contributed by atoms with Crippen molar-refractivity contribution in [3.63, 3.8) is 0 Å². The number of nitrogens with one attached hydrogen (secondary N) is 1. The molecule has 20 heavy (non-hydrogen) atoms. The van der Waals surface area contributed by atoms with E-state index in [9.17, 15) is 8.42 Å². The second-order valence-corrected chi connectivity index (χ2v) is 6.95. The van der Waals surface area contributed by atoms with Gasteiger partial charge >= 0.3 is 0 Å². The van der Waals surface area contributed by atoms with E-state index in [1.165, 1.54) is 11.3 Å². The van der Waals surface area contributed by atoms with Gasteiger partial charge < -0.3 is 4.74 Å². The summed E-state index contributed by atoms with van der Waals surface area (Å²) >= 11 is 7.25. The molecule has 7 heteroatoms. The molecule has 4 nitrogen and oxygen atoms in total. The lowest BCUT2D eigenvalue weighted by Gasteiger charge is -2.11. The minimum atomic E-state index is -3.49. The first kappa shape index (κ1) is 15.3. The van der Waals surface area contributed by atoms with Gasteiger partial charge in [0, 0.05) is 22.5 Å². The van der Waals surface area contributed by atoms with Gasteiger partial charge in [-0.3, -0.25) is 0 Å². The van der Waals surface area contributed by atoms with Crippen molar-refractivity contribution in [3.05, 3.63) is 45.6 Å². The quantitative estimate of drug-likeness (QED) is 0.883. The Bertz CT molecular complexity index is 669. The maximum absolute atomic E-state index is 12.0. The SMILES string of the molecule is CCOc1cc(Cl)ccc1CNS(=O)(=O)c1ccsc1. The van der Waals surface area contributed by atoms with Gasteiger partial charge in [0.2, 0.25) is 10.0 Å². The average molecular weight is 332 g/mol. The van der Waals surface area contributed by atoms with Crippen LogP contribution in [0.15, 0.2) is 39.9 Å². The van der Waals surface area contributed by atoms with Crippen LogP contribution in [-0.2, 0) is 16.6 Å². The molecule has 0 amide bonds. The van der Waals surface area contributed by atoms with Gasteiger partial charge in [-0.15, -0.1) is 0 Å². The number of sulfonamides is 1. The van der Waals surface area contributed by atoms with Crippen molar-refractivity contribution in [2.45, 2.75) is 18.4 Å². The number of rotatable bonds is 6. The fourth-order valence-electron chi connectivity index (χ4n) is 1.63. The Morgan fingerprint density at radius 1 is 1.35 bits per heavy atom. The van der Waals surface area contributed by atoms with Gasteiger partial charge in [-0.2, -0.15) is 11.3 Å². The van der Waals surface area contributed by atoms with Gasteiger partial charge in [0.15, 0.2) is 0 Å². The highest BCUT2D eigenvalue weighted by atomic mass is 35.5. The van der Waals surface area contributed by atoms with Crippen molar-refractivity contribution in [3.8, 4) is 5.75 Å². The van der Waals surface area contributed by atoms with E-state index in [-0.39, 0.29) is 11.4 Å². The van der Waals surface area contributed by atoms with E-state index in [2.05, 4.69) is 4.72 Å². The zero-order chi connectivity index (χ0) is 14.6. The minimum absolute atomic E-state index is 0.157. The molecule has 1 N–H and O–H groups in total. The summed E-state index contributed by atoms with van der Waals surface area (Å²) in [5.74, 6) is 0.591. The van der Waals surface area contributed by atoms with E-state index in [4.69, 9.17) is 16.3 Å². The maximum atomic E-state index is 12.0. The third-order valence-electron chi connectivity index (χ3n) is 2.59. The third kappa shape index (κ3) is 3.73. The molecule has 0 saturated heterocycles.